The van der Waals surface area contributed by atoms with Gasteiger partial charge in [0.05, 0.1) is 11.3 Å². The molecule has 1 heterocycles. The topological polar surface area (TPSA) is 39.1 Å². The van der Waals surface area contributed by atoms with Gasteiger partial charge < -0.3 is 4.57 Å². The standard InChI is InChI=1S/C15H13Cl2NO2/c1-3-18-14(7-5-11(9(2)19)15(18)20)12-8-10(16)4-6-13(12)17/h4-8H,3H2,1-2H3. The molecule has 0 N–H and O–H groups in total. The van der Waals surface area contributed by atoms with E-state index in [1.54, 1.807) is 24.3 Å². The number of ketones is 1. The van der Waals surface area contributed by atoms with Crippen molar-refractivity contribution in [3.63, 3.8) is 0 Å². The molecule has 1 aromatic carbocycles. The number of hydrogen-bond donors (Lipinski definition) is 0. The van der Waals surface area contributed by atoms with Crippen LogP contribution in [0.2, 0.25) is 10.0 Å². The zero-order valence-electron chi connectivity index (χ0n) is 11.1. The van der Waals surface area contributed by atoms with Gasteiger partial charge in [-0.15, -0.1) is 0 Å². The predicted octanol–water partition coefficient (Wildman–Crippen LogP) is 4.04. The fourth-order valence-corrected chi connectivity index (χ4v) is 2.48. The highest BCUT2D eigenvalue weighted by Crippen LogP contribution is 2.30. The summed E-state index contributed by atoms with van der Waals surface area (Å²) in [5.41, 5.74) is 1.19. The van der Waals surface area contributed by atoms with E-state index in [1.165, 1.54) is 17.6 Å². The zero-order valence-corrected chi connectivity index (χ0v) is 12.6. The summed E-state index contributed by atoms with van der Waals surface area (Å²) in [4.78, 5) is 23.7. The minimum absolute atomic E-state index is 0.175. The lowest BCUT2D eigenvalue weighted by Crippen LogP contribution is -2.26. The third-order valence-corrected chi connectivity index (χ3v) is 3.64. The molecule has 20 heavy (non-hydrogen) atoms. The second-order valence-electron chi connectivity index (χ2n) is 4.36. The first kappa shape index (κ1) is 14.8. The molecule has 0 saturated carbocycles. The van der Waals surface area contributed by atoms with Crippen molar-refractivity contribution in [2.45, 2.75) is 20.4 Å². The molecule has 3 nitrogen and oxygen atoms in total. The Hall–Kier alpha value is -1.58. The Morgan fingerprint density at radius 2 is 1.90 bits per heavy atom. The molecule has 0 saturated heterocycles. The summed E-state index contributed by atoms with van der Waals surface area (Å²) < 4.78 is 1.52. The van der Waals surface area contributed by atoms with Gasteiger partial charge in [0.25, 0.3) is 5.56 Å². The first-order valence-corrected chi connectivity index (χ1v) is 6.91. The fraction of sp³-hybridized carbons (Fsp3) is 0.200. The van der Waals surface area contributed by atoms with Gasteiger partial charge >= 0.3 is 0 Å². The van der Waals surface area contributed by atoms with Gasteiger partial charge in [-0.3, -0.25) is 9.59 Å². The van der Waals surface area contributed by atoms with Crippen molar-refractivity contribution in [1.82, 2.24) is 4.57 Å². The molecule has 1 aromatic heterocycles. The van der Waals surface area contributed by atoms with Crippen LogP contribution < -0.4 is 5.56 Å². The van der Waals surface area contributed by atoms with Crippen LogP contribution in [-0.4, -0.2) is 10.4 Å². The average Bonchev–Trinajstić information content (AvgIpc) is 2.40. The van der Waals surface area contributed by atoms with Gasteiger partial charge in [-0.1, -0.05) is 23.2 Å². The smallest absolute Gasteiger partial charge is 0.261 e. The van der Waals surface area contributed by atoms with E-state index in [2.05, 4.69) is 0 Å². The first-order chi connectivity index (χ1) is 9.45. The summed E-state index contributed by atoms with van der Waals surface area (Å²) in [6.07, 6.45) is 0. The minimum Gasteiger partial charge on any atom is -0.308 e. The van der Waals surface area contributed by atoms with Gasteiger partial charge in [-0.2, -0.15) is 0 Å². The summed E-state index contributed by atoms with van der Waals surface area (Å²) in [6, 6.07) is 8.33. The third-order valence-electron chi connectivity index (χ3n) is 3.07. The first-order valence-electron chi connectivity index (χ1n) is 6.16. The summed E-state index contributed by atoms with van der Waals surface area (Å²) in [6.45, 7) is 3.66. The Morgan fingerprint density at radius 1 is 1.20 bits per heavy atom. The molecule has 2 rings (SSSR count). The fourth-order valence-electron chi connectivity index (χ4n) is 2.09. The molecule has 0 aliphatic rings. The average molecular weight is 310 g/mol. The molecule has 0 spiro atoms. The maximum atomic E-state index is 12.3. The van der Waals surface area contributed by atoms with E-state index in [-0.39, 0.29) is 16.9 Å². The van der Waals surface area contributed by atoms with E-state index >= 15 is 0 Å². The zero-order chi connectivity index (χ0) is 14.9. The third kappa shape index (κ3) is 2.65. The molecule has 0 bridgehead atoms. The van der Waals surface area contributed by atoms with E-state index in [0.29, 0.717) is 27.8 Å². The number of carbonyl (C=O) groups excluding carboxylic acids is 1. The van der Waals surface area contributed by atoms with Gasteiger partial charge in [-0.25, -0.2) is 0 Å². The molecule has 5 heteroatoms. The molecule has 2 aromatic rings. The van der Waals surface area contributed by atoms with Crippen LogP contribution in [0, 0.1) is 0 Å². The molecule has 104 valence electrons. The molecule has 0 aliphatic carbocycles. The second kappa shape index (κ2) is 5.81. The molecule has 0 unspecified atom stereocenters. The van der Waals surface area contributed by atoms with E-state index in [9.17, 15) is 9.59 Å². The van der Waals surface area contributed by atoms with Crippen LogP contribution in [-0.2, 0) is 6.54 Å². The van der Waals surface area contributed by atoms with Gasteiger partial charge in [0.15, 0.2) is 5.78 Å². The normalized spacial score (nSPS) is 10.6. The Balaban J connectivity index is 2.75. The second-order valence-corrected chi connectivity index (χ2v) is 5.21. The van der Waals surface area contributed by atoms with Crippen LogP contribution >= 0.6 is 23.2 Å². The Bertz CT molecular complexity index is 735. The quantitative estimate of drug-likeness (QED) is 0.802. The van der Waals surface area contributed by atoms with Crippen LogP contribution in [0.3, 0.4) is 0 Å². The number of benzene rings is 1. The van der Waals surface area contributed by atoms with Crippen LogP contribution in [0.25, 0.3) is 11.3 Å². The van der Waals surface area contributed by atoms with E-state index < -0.39 is 0 Å². The van der Waals surface area contributed by atoms with E-state index in [1.807, 2.05) is 6.92 Å². The molecule has 0 fully saturated rings. The molecule has 0 radical (unpaired) electrons. The maximum absolute atomic E-state index is 12.3. The highest BCUT2D eigenvalue weighted by molar-refractivity contribution is 6.35. The van der Waals surface area contributed by atoms with Crippen molar-refractivity contribution >= 4 is 29.0 Å². The number of aromatic nitrogens is 1. The number of Topliss-reactive ketones (excluding diaryl/α,β-unsaturated/α-hetero) is 1. The lowest BCUT2D eigenvalue weighted by molar-refractivity contribution is 0.101. The lowest BCUT2D eigenvalue weighted by atomic mass is 10.1. The molecular formula is C15H13Cl2NO2. The van der Waals surface area contributed by atoms with Crippen molar-refractivity contribution in [1.29, 1.82) is 0 Å². The number of pyridine rings is 1. The number of hydrogen-bond acceptors (Lipinski definition) is 2. The lowest BCUT2D eigenvalue weighted by Gasteiger charge is -2.13. The van der Waals surface area contributed by atoms with E-state index in [0.717, 1.165) is 0 Å². The minimum atomic E-state index is -0.312. The van der Waals surface area contributed by atoms with Crippen molar-refractivity contribution in [3.8, 4) is 11.3 Å². The SMILES string of the molecule is CCn1c(-c2cc(Cl)ccc2Cl)ccc(C(C)=O)c1=O. The van der Waals surface area contributed by atoms with E-state index in [4.69, 9.17) is 23.2 Å². The number of rotatable bonds is 3. The number of carbonyl (C=O) groups is 1. The van der Waals surface area contributed by atoms with Gasteiger partial charge in [0, 0.05) is 22.2 Å². The van der Waals surface area contributed by atoms with Gasteiger partial charge in [0.2, 0.25) is 0 Å². The monoisotopic (exact) mass is 309 g/mol. The Labute approximate surface area is 126 Å². The van der Waals surface area contributed by atoms with Crippen molar-refractivity contribution in [3.05, 3.63) is 56.3 Å². The van der Waals surface area contributed by atoms with Crippen LogP contribution in [0.4, 0.5) is 0 Å². The summed E-state index contributed by atoms with van der Waals surface area (Å²) >= 11 is 12.2. The number of nitrogens with zero attached hydrogens (tertiary/aromatic N) is 1. The van der Waals surface area contributed by atoms with Crippen LogP contribution in [0.1, 0.15) is 24.2 Å². The van der Waals surface area contributed by atoms with Crippen molar-refractivity contribution in [2.24, 2.45) is 0 Å². The van der Waals surface area contributed by atoms with Crippen LogP contribution in [0.5, 0.6) is 0 Å². The molecule has 0 aliphatic heterocycles. The van der Waals surface area contributed by atoms with Crippen LogP contribution in [0.15, 0.2) is 35.1 Å². The summed E-state index contributed by atoms with van der Waals surface area (Å²) in [5, 5.41) is 1.04. The Morgan fingerprint density at radius 3 is 2.50 bits per heavy atom. The molecule has 0 atom stereocenters. The number of halogens is 2. The largest absolute Gasteiger partial charge is 0.308 e. The summed E-state index contributed by atoms with van der Waals surface area (Å²) in [5.74, 6) is -0.249. The van der Waals surface area contributed by atoms with Gasteiger partial charge in [0.1, 0.15) is 0 Å². The highest BCUT2D eigenvalue weighted by Gasteiger charge is 2.14. The van der Waals surface area contributed by atoms with Crippen molar-refractivity contribution in [2.75, 3.05) is 0 Å². The summed E-state index contributed by atoms with van der Waals surface area (Å²) in [7, 11) is 0. The van der Waals surface area contributed by atoms with Gasteiger partial charge in [-0.05, 0) is 44.2 Å². The predicted molar refractivity (Wildman–Crippen MR) is 81.8 cm³/mol. The highest BCUT2D eigenvalue weighted by atomic mass is 35.5. The maximum Gasteiger partial charge on any atom is 0.261 e. The Kier molecular flexibility index (Phi) is 4.31. The molecule has 0 amide bonds. The van der Waals surface area contributed by atoms with Crippen molar-refractivity contribution < 1.29 is 4.79 Å². The molecular weight excluding hydrogens is 297 g/mol.